The Labute approximate surface area is 197 Å². The lowest BCUT2D eigenvalue weighted by Crippen LogP contribution is -2.36. The number of morpholine rings is 1. The van der Waals surface area contributed by atoms with Gasteiger partial charge in [-0.2, -0.15) is 13.2 Å². The van der Waals surface area contributed by atoms with Gasteiger partial charge >= 0.3 is 6.18 Å². The maximum absolute atomic E-state index is 12.9. The normalized spacial score (nSPS) is 18.0. The van der Waals surface area contributed by atoms with Crippen LogP contribution in [0.1, 0.15) is 11.1 Å². The smallest absolute Gasteiger partial charge is 0.378 e. The fourth-order valence-electron chi connectivity index (χ4n) is 3.51. The molecule has 2 heterocycles. The number of nitrogens with one attached hydrogen (secondary N) is 1. The molecule has 0 aromatic heterocycles. The van der Waals surface area contributed by atoms with Gasteiger partial charge in [0.1, 0.15) is 6.54 Å². The maximum Gasteiger partial charge on any atom is 0.416 e. The van der Waals surface area contributed by atoms with E-state index in [1.807, 2.05) is 12.1 Å². The molecule has 7 nitrogen and oxygen atoms in total. The fourth-order valence-corrected chi connectivity index (χ4v) is 4.35. The van der Waals surface area contributed by atoms with Gasteiger partial charge in [0.25, 0.3) is 11.1 Å². The zero-order chi connectivity index (χ0) is 24.3. The summed E-state index contributed by atoms with van der Waals surface area (Å²) in [5.74, 6) is -1.30. The summed E-state index contributed by atoms with van der Waals surface area (Å²) in [5.41, 5.74) is 0.769. The van der Waals surface area contributed by atoms with Crippen LogP contribution in [-0.4, -0.2) is 54.8 Å². The van der Waals surface area contributed by atoms with Crippen molar-refractivity contribution in [1.29, 1.82) is 0 Å². The van der Waals surface area contributed by atoms with Crippen molar-refractivity contribution in [3.8, 4) is 0 Å². The molecule has 0 aliphatic carbocycles. The van der Waals surface area contributed by atoms with E-state index in [1.165, 1.54) is 18.2 Å². The second-order valence-corrected chi connectivity index (χ2v) is 8.58. The molecular weight excluding hydrogens is 471 g/mol. The first-order valence-electron chi connectivity index (χ1n) is 10.4. The van der Waals surface area contributed by atoms with Crippen molar-refractivity contribution in [1.82, 2.24) is 4.90 Å². The summed E-state index contributed by atoms with van der Waals surface area (Å²) in [5, 5.41) is 1.98. The standard InChI is InChI=1S/C23H20F3N3O4S/c24-23(25,26)16-3-1-2-15(12-16)13-19-21(31)29(22(32)34-19)14-20(30)27-17-4-6-18(7-5-17)28-8-10-33-11-9-28/h1-7,12-13H,8-11,14H2,(H,27,30)/b19-13+. The van der Waals surface area contributed by atoms with Gasteiger partial charge in [-0.15, -0.1) is 0 Å². The minimum atomic E-state index is -4.53. The molecule has 0 saturated carbocycles. The maximum atomic E-state index is 12.9. The van der Waals surface area contributed by atoms with E-state index in [1.54, 1.807) is 12.1 Å². The van der Waals surface area contributed by atoms with Gasteiger partial charge in [0.05, 0.1) is 23.7 Å². The molecule has 3 amide bonds. The first kappa shape index (κ1) is 23.8. The number of halogens is 3. The summed E-state index contributed by atoms with van der Waals surface area (Å²) in [7, 11) is 0. The molecule has 2 saturated heterocycles. The van der Waals surface area contributed by atoms with E-state index in [9.17, 15) is 27.6 Å². The SMILES string of the molecule is O=C(CN1C(=O)S/C(=C/c2cccc(C(F)(F)F)c2)C1=O)Nc1ccc(N2CCOCC2)cc1. The minimum Gasteiger partial charge on any atom is -0.378 e. The lowest BCUT2D eigenvalue weighted by molar-refractivity contribution is -0.137. The summed E-state index contributed by atoms with van der Waals surface area (Å²) in [6, 6.07) is 11.6. The van der Waals surface area contributed by atoms with E-state index in [4.69, 9.17) is 4.74 Å². The van der Waals surface area contributed by atoms with E-state index in [0.29, 0.717) is 30.7 Å². The van der Waals surface area contributed by atoms with Crippen LogP contribution in [0, 0.1) is 0 Å². The van der Waals surface area contributed by atoms with Crippen LogP contribution in [0.25, 0.3) is 6.08 Å². The molecule has 0 spiro atoms. The van der Waals surface area contributed by atoms with E-state index in [0.717, 1.165) is 35.8 Å². The Bertz CT molecular complexity index is 1130. The molecule has 2 fully saturated rings. The van der Waals surface area contributed by atoms with Crippen molar-refractivity contribution in [3.05, 3.63) is 64.6 Å². The number of nitrogens with zero attached hydrogens (tertiary/aromatic N) is 2. The predicted molar refractivity (Wildman–Crippen MR) is 122 cm³/mol. The lowest BCUT2D eigenvalue weighted by Gasteiger charge is -2.28. The average Bonchev–Trinajstić information content (AvgIpc) is 3.07. The molecule has 2 aliphatic rings. The van der Waals surface area contributed by atoms with Crippen LogP contribution >= 0.6 is 11.8 Å². The quantitative estimate of drug-likeness (QED) is 0.632. The Hall–Kier alpha value is -3.31. The monoisotopic (exact) mass is 491 g/mol. The van der Waals surface area contributed by atoms with E-state index in [-0.39, 0.29) is 10.5 Å². The Morgan fingerprint density at radius 1 is 1.09 bits per heavy atom. The number of ether oxygens (including phenoxy) is 1. The molecule has 1 N–H and O–H groups in total. The molecule has 0 bridgehead atoms. The largest absolute Gasteiger partial charge is 0.416 e. The van der Waals surface area contributed by atoms with Gasteiger partial charge < -0.3 is 15.0 Å². The van der Waals surface area contributed by atoms with E-state index >= 15 is 0 Å². The number of anilines is 2. The number of benzene rings is 2. The highest BCUT2D eigenvalue weighted by atomic mass is 32.2. The van der Waals surface area contributed by atoms with Crippen LogP contribution in [0.2, 0.25) is 0 Å². The summed E-state index contributed by atoms with van der Waals surface area (Å²) >= 11 is 0.578. The molecule has 178 valence electrons. The molecule has 34 heavy (non-hydrogen) atoms. The fraction of sp³-hybridized carbons (Fsp3) is 0.261. The number of carbonyl (C=O) groups excluding carboxylic acids is 3. The number of carbonyl (C=O) groups is 3. The molecule has 0 unspecified atom stereocenters. The Morgan fingerprint density at radius 2 is 1.79 bits per heavy atom. The number of imide groups is 1. The van der Waals surface area contributed by atoms with Crippen molar-refractivity contribution < 1.29 is 32.3 Å². The molecule has 0 radical (unpaired) electrons. The Balaban J connectivity index is 1.38. The third-order valence-corrected chi connectivity index (χ3v) is 6.12. The topological polar surface area (TPSA) is 79.0 Å². The Kier molecular flexibility index (Phi) is 6.94. The van der Waals surface area contributed by atoms with Gasteiger partial charge in [-0.3, -0.25) is 19.3 Å². The average molecular weight is 491 g/mol. The second-order valence-electron chi connectivity index (χ2n) is 7.59. The van der Waals surface area contributed by atoms with E-state index in [2.05, 4.69) is 10.2 Å². The van der Waals surface area contributed by atoms with Crippen molar-refractivity contribution in [2.75, 3.05) is 43.1 Å². The van der Waals surface area contributed by atoms with Crippen molar-refractivity contribution in [2.45, 2.75) is 6.18 Å². The van der Waals surface area contributed by atoms with Crippen LogP contribution in [0.15, 0.2) is 53.4 Å². The van der Waals surface area contributed by atoms with Crippen LogP contribution < -0.4 is 10.2 Å². The number of hydrogen-bond acceptors (Lipinski definition) is 6. The highest BCUT2D eigenvalue weighted by Crippen LogP contribution is 2.34. The highest BCUT2D eigenvalue weighted by molar-refractivity contribution is 8.18. The van der Waals surface area contributed by atoms with Gasteiger partial charge in [-0.1, -0.05) is 12.1 Å². The van der Waals surface area contributed by atoms with Crippen LogP contribution in [-0.2, 0) is 20.5 Å². The van der Waals surface area contributed by atoms with Crippen LogP contribution in [0.3, 0.4) is 0 Å². The predicted octanol–water partition coefficient (Wildman–Crippen LogP) is 4.22. The van der Waals surface area contributed by atoms with Crippen molar-refractivity contribution in [3.63, 3.8) is 0 Å². The van der Waals surface area contributed by atoms with Crippen LogP contribution in [0.4, 0.5) is 29.3 Å². The van der Waals surface area contributed by atoms with Gasteiger partial charge in [0, 0.05) is 24.5 Å². The summed E-state index contributed by atoms with van der Waals surface area (Å²) in [6.07, 6.45) is -3.32. The van der Waals surface area contributed by atoms with Gasteiger partial charge in [0.2, 0.25) is 5.91 Å². The summed E-state index contributed by atoms with van der Waals surface area (Å²) in [4.78, 5) is 40.2. The van der Waals surface area contributed by atoms with Crippen molar-refractivity contribution in [2.24, 2.45) is 0 Å². The summed E-state index contributed by atoms with van der Waals surface area (Å²) in [6.45, 7) is 2.35. The molecule has 11 heteroatoms. The zero-order valence-corrected chi connectivity index (χ0v) is 18.6. The second kappa shape index (κ2) is 9.90. The first-order valence-corrected chi connectivity index (χ1v) is 11.2. The van der Waals surface area contributed by atoms with E-state index < -0.39 is 35.3 Å². The number of rotatable bonds is 5. The minimum absolute atomic E-state index is 0.0491. The zero-order valence-electron chi connectivity index (χ0n) is 17.8. The molecular formula is C23H20F3N3O4S. The first-order chi connectivity index (χ1) is 16.2. The number of hydrogen-bond donors (Lipinski definition) is 1. The molecule has 2 aliphatic heterocycles. The van der Waals surface area contributed by atoms with Crippen LogP contribution in [0.5, 0.6) is 0 Å². The number of thioether (sulfide) groups is 1. The van der Waals surface area contributed by atoms with Gasteiger partial charge in [-0.05, 0) is 59.8 Å². The van der Waals surface area contributed by atoms with Gasteiger partial charge in [0.15, 0.2) is 0 Å². The van der Waals surface area contributed by atoms with Crippen molar-refractivity contribution >= 4 is 46.3 Å². The molecule has 4 rings (SSSR count). The third kappa shape index (κ3) is 5.60. The number of amides is 3. The number of alkyl halides is 3. The third-order valence-electron chi connectivity index (χ3n) is 5.21. The molecule has 0 atom stereocenters. The lowest BCUT2D eigenvalue weighted by atomic mass is 10.1. The Morgan fingerprint density at radius 3 is 2.47 bits per heavy atom. The molecule has 2 aromatic carbocycles. The summed E-state index contributed by atoms with van der Waals surface area (Å²) < 4.78 is 44.1. The molecule has 2 aromatic rings. The van der Waals surface area contributed by atoms with Gasteiger partial charge in [-0.25, -0.2) is 0 Å². The highest BCUT2D eigenvalue weighted by Gasteiger charge is 2.36.